The molecule has 1 atom stereocenters. The molecule has 2 rings (SSSR count). The van der Waals surface area contributed by atoms with Gasteiger partial charge in [0.1, 0.15) is 5.65 Å². The number of nitrogens with two attached hydrogens (primary N) is 1. The first-order valence-electron chi connectivity index (χ1n) is 6.92. The Morgan fingerprint density at radius 1 is 1.29 bits per heavy atom. The number of carbonyl (C=O) groups is 1. The highest BCUT2D eigenvalue weighted by Crippen LogP contribution is 2.07. The maximum Gasteiger partial charge on any atom is 0.332 e. The van der Waals surface area contributed by atoms with Gasteiger partial charge in [-0.3, -0.25) is 18.7 Å². The molecule has 0 spiro atoms. The van der Waals surface area contributed by atoms with Crippen molar-refractivity contribution in [1.82, 2.24) is 19.4 Å². The number of hydrogen-bond acceptors (Lipinski definition) is 5. The van der Waals surface area contributed by atoms with E-state index in [2.05, 4.69) is 10.3 Å². The van der Waals surface area contributed by atoms with Crippen LogP contribution in [0, 0.1) is 0 Å². The second-order valence-corrected chi connectivity index (χ2v) is 5.32. The lowest BCUT2D eigenvalue weighted by Gasteiger charge is -2.09. The molecule has 1 unspecified atom stereocenters. The van der Waals surface area contributed by atoms with Gasteiger partial charge in [0.05, 0.1) is 10.9 Å². The van der Waals surface area contributed by atoms with Gasteiger partial charge < -0.3 is 11.1 Å². The largest absolute Gasteiger partial charge is 0.352 e. The van der Waals surface area contributed by atoms with E-state index < -0.39 is 11.2 Å². The van der Waals surface area contributed by atoms with Crippen LogP contribution in [-0.4, -0.2) is 32.6 Å². The van der Waals surface area contributed by atoms with Crippen molar-refractivity contribution in [3.8, 4) is 0 Å². The fourth-order valence-corrected chi connectivity index (χ4v) is 2.10. The fourth-order valence-electron chi connectivity index (χ4n) is 2.10. The Morgan fingerprint density at radius 3 is 2.50 bits per heavy atom. The minimum Gasteiger partial charge on any atom is -0.352 e. The number of halogens is 2. The summed E-state index contributed by atoms with van der Waals surface area (Å²) < 4.78 is 2.26. The van der Waals surface area contributed by atoms with E-state index in [0.717, 1.165) is 4.57 Å². The highest BCUT2D eigenvalue weighted by atomic mass is 35.5. The molecule has 0 bridgehead atoms. The molecule has 2 aromatic heterocycles. The molecule has 0 fully saturated rings. The van der Waals surface area contributed by atoms with Gasteiger partial charge in [0.2, 0.25) is 0 Å². The zero-order chi connectivity index (χ0) is 16.4. The van der Waals surface area contributed by atoms with E-state index in [1.54, 1.807) is 0 Å². The van der Waals surface area contributed by atoms with Gasteiger partial charge in [0, 0.05) is 32.9 Å². The molecule has 0 aliphatic carbocycles. The number of fused-ring (bicyclic) bond motifs is 1. The van der Waals surface area contributed by atoms with E-state index in [1.807, 2.05) is 6.92 Å². The van der Waals surface area contributed by atoms with Crippen molar-refractivity contribution < 1.29 is 4.79 Å². The SMILES string of the molecule is CC(N)CCNC(=O)c1cnc2c(c1)c(=O)n(C)c(=O)n2C.Cl.Cl. The number of carbonyl (C=O) groups excluding carboxylic acids is 1. The molecule has 0 radical (unpaired) electrons. The van der Waals surface area contributed by atoms with Crippen molar-refractivity contribution in [3.05, 3.63) is 38.7 Å². The normalized spacial score (nSPS) is 11.3. The topological polar surface area (TPSA) is 112 Å². The van der Waals surface area contributed by atoms with E-state index in [4.69, 9.17) is 5.73 Å². The van der Waals surface area contributed by atoms with Crippen LogP contribution in [0.4, 0.5) is 0 Å². The first-order valence-corrected chi connectivity index (χ1v) is 6.92. The summed E-state index contributed by atoms with van der Waals surface area (Å²) in [5, 5.41) is 2.95. The maximum atomic E-state index is 12.1. The third-order valence-electron chi connectivity index (χ3n) is 3.44. The van der Waals surface area contributed by atoms with Crippen LogP contribution in [0.5, 0.6) is 0 Å². The van der Waals surface area contributed by atoms with Crippen molar-refractivity contribution in [3.63, 3.8) is 0 Å². The number of nitrogens with zero attached hydrogens (tertiary/aromatic N) is 3. The van der Waals surface area contributed by atoms with Crippen LogP contribution in [0.25, 0.3) is 11.0 Å². The first-order chi connectivity index (χ1) is 10.3. The minimum absolute atomic E-state index is 0. The molecule has 0 saturated carbocycles. The summed E-state index contributed by atoms with van der Waals surface area (Å²) >= 11 is 0. The van der Waals surface area contributed by atoms with Crippen molar-refractivity contribution in [2.24, 2.45) is 19.8 Å². The van der Waals surface area contributed by atoms with E-state index in [9.17, 15) is 14.4 Å². The van der Waals surface area contributed by atoms with E-state index >= 15 is 0 Å². The van der Waals surface area contributed by atoms with Crippen LogP contribution in [0.2, 0.25) is 0 Å². The highest BCUT2D eigenvalue weighted by molar-refractivity contribution is 5.96. The van der Waals surface area contributed by atoms with Crippen molar-refractivity contribution in [2.75, 3.05) is 6.54 Å². The quantitative estimate of drug-likeness (QED) is 0.774. The Bertz CT molecular complexity index is 845. The summed E-state index contributed by atoms with van der Waals surface area (Å²) in [6, 6.07) is 1.45. The average Bonchev–Trinajstić information content (AvgIpc) is 2.49. The van der Waals surface area contributed by atoms with Crippen LogP contribution in [-0.2, 0) is 14.1 Å². The number of aryl methyl sites for hydroxylation is 1. The zero-order valence-corrected chi connectivity index (χ0v) is 15.2. The minimum atomic E-state index is -0.476. The van der Waals surface area contributed by atoms with Gasteiger partial charge >= 0.3 is 5.69 Å². The molecule has 134 valence electrons. The van der Waals surface area contributed by atoms with Gasteiger partial charge in [-0.15, -0.1) is 24.8 Å². The van der Waals surface area contributed by atoms with E-state index in [0.29, 0.717) is 13.0 Å². The number of pyridine rings is 1. The summed E-state index contributed by atoms with van der Waals surface area (Å²) in [5.41, 5.74) is 5.21. The molecular weight excluding hydrogens is 357 g/mol. The fraction of sp³-hybridized carbons (Fsp3) is 0.429. The van der Waals surface area contributed by atoms with Gasteiger partial charge in [-0.1, -0.05) is 0 Å². The molecule has 0 aliphatic rings. The summed E-state index contributed by atoms with van der Waals surface area (Å²) in [6.07, 6.45) is 2.01. The van der Waals surface area contributed by atoms with Crippen LogP contribution >= 0.6 is 24.8 Å². The summed E-state index contributed by atoms with van der Waals surface area (Å²) in [6.45, 7) is 2.30. The Hall–Kier alpha value is -1.90. The molecule has 1 amide bonds. The third-order valence-corrected chi connectivity index (χ3v) is 3.44. The monoisotopic (exact) mass is 377 g/mol. The molecule has 0 aliphatic heterocycles. The Kier molecular flexibility index (Phi) is 8.12. The molecule has 24 heavy (non-hydrogen) atoms. The summed E-state index contributed by atoms with van der Waals surface area (Å²) in [4.78, 5) is 40.1. The maximum absolute atomic E-state index is 12.1. The smallest absolute Gasteiger partial charge is 0.332 e. The van der Waals surface area contributed by atoms with Gasteiger partial charge in [0.15, 0.2) is 0 Å². The first kappa shape index (κ1) is 22.1. The second-order valence-electron chi connectivity index (χ2n) is 5.32. The number of rotatable bonds is 4. The Morgan fingerprint density at radius 2 is 1.92 bits per heavy atom. The predicted octanol–water partition coefficient (Wildman–Crippen LogP) is -0.0571. The Balaban J connectivity index is 0.00000264. The van der Waals surface area contributed by atoms with Crippen LogP contribution in [0.15, 0.2) is 21.9 Å². The highest BCUT2D eigenvalue weighted by Gasteiger charge is 2.13. The molecule has 2 heterocycles. The zero-order valence-electron chi connectivity index (χ0n) is 13.6. The molecule has 0 saturated heterocycles. The molecule has 2 aromatic rings. The lowest BCUT2D eigenvalue weighted by molar-refractivity contribution is 0.0952. The van der Waals surface area contributed by atoms with Gasteiger partial charge in [0.25, 0.3) is 11.5 Å². The van der Waals surface area contributed by atoms with Crippen LogP contribution in [0.1, 0.15) is 23.7 Å². The summed E-state index contributed by atoms with van der Waals surface area (Å²) in [5.74, 6) is -0.328. The van der Waals surface area contributed by atoms with Crippen LogP contribution < -0.4 is 22.3 Å². The molecule has 8 nitrogen and oxygen atoms in total. The molecular formula is C14H21Cl2N5O3. The molecule has 0 aromatic carbocycles. The number of aromatic nitrogens is 3. The second kappa shape index (κ2) is 8.81. The predicted molar refractivity (Wildman–Crippen MR) is 97.3 cm³/mol. The number of nitrogens with one attached hydrogen (secondary N) is 1. The van der Waals surface area contributed by atoms with Gasteiger partial charge in [-0.05, 0) is 19.4 Å². The van der Waals surface area contributed by atoms with Crippen molar-refractivity contribution in [2.45, 2.75) is 19.4 Å². The Labute approximate surface area is 150 Å². The summed E-state index contributed by atoms with van der Waals surface area (Å²) in [7, 11) is 2.92. The number of hydrogen-bond donors (Lipinski definition) is 2. The standard InChI is InChI=1S/C14H19N5O3.2ClH/c1-8(15)4-5-16-12(20)9-6-10-11(17-7-9)18(2)14(22)19(3)13(10)21;;/h6-8H,4-5,15H2,1-3H3,(H,16,20);2*1H. The van der Waals surface area contributed by atoms with Gasteiger partial charge in [-0.25, -0.2) is 9.78 Å². The third kappa shape index (κ3) is 4.34. The van der Waals surface area contributed by atoms with E-state index in [1.165, 1.54) is 30.9 Å². The average molecular weight is 378 g/mol. The lowest BCUT2D eigenvalue weighted by Crippen LogP contribution is -2.37. The van der Waals surface area contributed by atoms with E-state index in [-0.39, 0.29) is 53.4 Å². The lowest BCUT2D eigenvalue weighted by atomic mass is 10.2. The van der Waals surface area contributed by atoms with Crippen molar-refractivity contribution in [1.29, 1.82) is 0 Å². The molecule has 10 heteroatoms. The van der Waals surface area contributed by atoms with Crippen LogP contribution in [0.3, 0.4) is 0 Å². The van der Waals surface area contributed by atoms with Crippen molar-refractivity contribution >= 4 is 41.8 Å². The van der Waals surface area contributed by atoms with Gasteiger partial charge in [-0.2, -0.15) is 0 Å². The molecule has 3 N–H and O–H groups in total. The number of amides is 1.